The Bertz CT molecular complexity index is 127. The number of esters is 1. The molecule has 10 heavy (non-hydrogen) atoms. The second kappa shape index (κ2) is 3.01. The van der Waals surface area contributed by atoms with Gasteiger partial charge in [-0.15, -0.1) is 0 Å². The zero-order valence-electron chi connectivity index (χ0n) is 6.84. The molecule has 0 heterocycles. The molecule has 0 aromatic rings. The monoisotopic (exact) mass is 146 g/mol. The van der Waals surface area contributed by atoms with Crippen molar-refractivity contribution in [3.8, 4) is 0 Å². The fraction of sp³-hybridized carbons (Fsp3) is 0.857. The molecule has 0 saturated heterocycles. The smallest absolute Gasteiger partial charge is 0.305 e. The van der Waals surface area contributed by atoms with Crippen molar-refractivity contribution in [2.24, 2.45) is 5.92 Å². The summed E-state index contributed by atoms with van der Waals surface area (Å²) in [6, 6.07) is 0. The van der Waals surface area contributed by atoms with Crippen LogP contribution in [0.15, 0.2) is 0 Å². The van der Waals surface area contributed by atoms with Gasteiger partial charge in [0.25, 0.3) is 0 Å². The maximum absolute atomic E-state index is 10.4. The number of carbonyl (C=O) groups is 1. The van der Waals surface area contributed by atoms with Gasteiger partial charge in [-0.05, 0) is 0 Å². The van der Waals surface area contributed by atoms with Gasteiger partial charge in [-0.3, -0.25) is 4.79 Å². The predicted molar refractivity (Wildman–Crippen MR) is 37.2 cm³/mol. The molecule has 0 fully saturated rings. The first kappa shape index (κ1) is 9.43. The van der Waals surface area contributed by atoms with Crippen LogP contribution in [0, 0.1) is 5.92 Å². The summed E-state index contributed by atoms with van der Waals surface area (Å²) in [5, 5.41) is 9.32. The van der Waals surface area contributed by atoms with E-state index in [0.717, 1.165) is 0 Å². The first-order chi connectivity index (χ1) is 4.36. The normalized spacial score (nSPS) is 16.6. The number of hydrogen-bond acceptors (Lipinski definition) is 3. The highest BCUT2D eigenvalue weighted by molar-refractivity contribution is 5.66. The summed E-state index contributed by atoms with van der Waals surface area (Å²) >= 11 is 0. The molecule has 0 aliphatic rings. The van der Waals surface area contributed by atoms with E-state index < -0.39 is 11.8 Å². The van der Waals surface area contributed by atoms with Crippen LogP contribution in [0.1, 0.15) is 27.7 Å². The number of ether oxygens (including phenoxy) is 1. The van der Waals surface area contributed by atoms with Gasteiger partial charge >= 0.3 is 5.97 Å². The minimum atomic E-state index is -1.33. The largest absolute Gasteiger partial charge is 0.433 e. The van der Waals surface area contributed by atoms with Crippen molar-refractivity contribution in [2.45, 2.75) is 33.5 Å². The van der Waals surface area contributed by atoms with E-state index in [4.69, 9.17) is 0 Å². The van der Waals surface area contributed by atoms with Gasteiger partial charge in [0.2, 0.25) is 5.79 Å². The van der Waals surface area contributed by atoms with Crippen molar-refractivity contribution >= 4 is 5.97 Å². The SMILES string of the molecule is CC(=O)OC(C)(O)C(C)C. The summed E-state index contributed by atoms with van der Waals surface area (Å²) < 4.78 is 4.62. The average molecular weight is 146 g/mol. The van der Waals surface area contributed by atoms with Gasteiger partial charge < -0.3 is 9.84 Å². The van der Waals surface area contributed by atoms with Gasteiger partial charge in [-0.25, -0.2) is 0 Å². The van der Waals surface area contributed by atoms with Crippen LogP contribution in [0.2, 0.25) is 0 Å². The van der Waals surface area contributed by atoms with Crippen LogP contribution < -0.4 is 0 Å². The summed E-state index contributed by atoms with van der Waals surface area (Å²) in [6.07, 6.45) is 0. The second-order valence-electron chi connectivity index (χ2n) is 2.80. The Labute approximate surface area is 61.0 Å². The number of aliphatic hydroxyl groups is 1. The summed E-state index contributed by atoms with van der Waals surface area (Å²) in [7, 11) is 0. The molecule has 3 heteroatoms. The highest BCUT2D eigenvalue weighted by Crippen LogP contribution is 2.17. The van der Waals surface area contributed by atoms with Crippen molar-refractivity contribution < 1.29 is 14.6 Å². The van der Waals surface area contributed by atoms with Crippen molar-refractivity contribution in [3.63, 3.8) is 0 Å². The Balaban J connectivity index is 3.99. The third-order valence-electron chi connectivity index (χ3n) is 1.42. The zero-order chi connectivity index (χ0) is 8.36. The number of hydrogen-bond donors (Lipinski definition) is 1. The summed E-state index contributed by atoms with van der Waals surface area (Å²) in [5.74, 6) is -1.87. The van der Waals surface area contributed by atoms with Gasteiger partial charge in [0.15, 0.2) is 0 Å². The third-order valence-corrected chi connectivity index (χ3v) is 1.42. The molecule has 0 radical (unpaired) electrons. The molecule has 1 atom stereocenters. The van der Waals surface area contributed by atoms with E-state index in [1.165, 1.54) is 13.8 Å². The topological polar surface area (TPSA) is 46.5 Å². The van der Waals surface area contributed by atoms with Crippen molar-refractivity contribution in [1.29, 1.82) is 0 Å². The van der Waals surface area contributed by atoms with Gasteiger partial charge in [-0.2, -0.15) is 0 Å². The van der Waals surface area contributed by atoms with Crippen molar-refractivity contribution in [3.05, 3.63) is 0 Å². The third kappa shape index (κ3) is 2.82. The molecule has 0 aromatic carbocycles. The van der Waals surface area contributed by atoms with Crippen LogP contribution >= 0.6 is 0 Å². The lowest BCUT2D eigenvalue weighted by atomic mass is 10.1. The van der Waals surface area contributed by atoms with Crippen molar-refractivity contribution in [2.75, 3.05) is 0 Å². The lowest BCUT2D eigenvalue weighted by Gasteiger charge is -2.26. The average Bonchev–Trinajstić information content (AvgIpc) is 1.60. The Kier molecular flexibility index (Phi) is 2.84. The standard InChI is InChI=1S/C7H14O3/c1-5(2)7(4,9)10-6(3)8/h5,9H,1-4H3. The first-order valence-electron chi connectivity index (χ1n) is 3.28. The Morgan fingerprint density at radius 1 is 1.60 bits per heavy atom. The summed E-state index contributed by atoms with van der Waals surface area (Å²) in [4.78, 5) is 10.4. The van der Waals surface area contributed by atoms with Crippen molar-refractivity contribution in [1.82, 2.24) is 0 Å². The van der Waals surface area contributed by atoms with E-state index in [9.17, 15) is 9.90 Å². The van der Waals surface area contributed by atoms with Crippen LogP contribution in [-0.2, 0) is 9.53 Å². The van der Waals surface area contributed by atoms with Gasteiger partial charge in [0.05, 0.1) is 0 Å². The van der Waals surface area contributed by atoms with E-state index in [1.54, 1.807) is 13.8 Å². The minimum Gasteiger partial charge on any atom is -0.433 e. The molecule has 0 spiro atoms. The molecule has 0 bridgehead atoms. The second-order valence-corrected chi connectivity index (χ2v) is 2.80. The van der Waals surface area contributed by atoms with Gasteiger partial charge in [-0.1, -0.05) is 13.8 Å². The molecule has 0 aliphatic heterocycles. The fourth-order valence-electron chi connectivity index (χ4n) is 0.409. The van der Waals surface area contributed by atoms with Crippen LogP contribution in [-0.4, -0.2) is 16.9 Å². The van der Waals surface area contributed by atoms with Crippen LogP contribution in [0.3, 0.4) is 0 Å². The van der Waals surface area contributed by atoms with Gasteiger partial charge in [0.1, 0.15) is 0 Å². The molecule has 1 N–H and O–H groups in total. The molecule has 0 saturated carbocycles. The molecule has 60 valence electrons. The Morgan fingerprint density at radius 2 is 2.00 bits per heavy atom. The van der Waals surface area contributed by atoms with Gasteiger partial charge in [0, 0.05) is 19.8 Å². The summed E-state index contributed by atoms with van der Waals surface area (Å²) in [5.41, 5.74) is 0. The predicted octanol–water partition coefficient (Wildman–Crippen LogP) is 0.914. The first-order valence-corrected chi connectivity index (χ1v) is 3.28. The number of carbonyl (C=O) groups excluding carboxylic acids is 1. The molecular weight excluding hydrogens is 132 g/mol. The number of rotatable bonds is 2. The molecule has 1 unspecified atom stereocenters. The quantitative estimate of drug-likeness (QED) is 0.465. The molecule has 3 nitrogen and oxygen atoms in total. The molecular formula is C7H14O3. The van der Waals surface area contributed by atoms with E-state index in [1.807, 2.05) is 0 Å². The van der Waals surface area contributed by atoms with Crippen LogP contribution in [0.25, 0.3) is 0 Å². The molecule has 0 rings (SSSR count). The summed E-state index contributed by atoms with van der Waals surface area (Å²) in [6.45, 7) is 6.31. The van der Waals surface area contributed by atoms with E-state index in [0.29, 0.717) is 0 Å². The highest BCUT2D eigenvalue weighted by Gasteiger charge is 2.27. The minimum absolute atomic E-state index is 0.0867. The lowest BCUT2D eigenvalue weighted by Crippen LogP contribution is -2.36. The zero-order valence-corrected chi connectivity index (χ0v) is 6.84. The maximum atomic E-state index is 10.4. The van der Waals surface area contributed by atoms with E-state index in [-0.39, 0.29) is 5.92 Å². The maximum Gasteiger partial charge on any atom is 0.305 e. The highest BCUT2D eigenvalue weighted by atomic mass is 16.7. The Morgan fingerprint density at radius 3 is 2.10 bits per heavy atom. The van der Waals surface area contributed by atoms with Crippen LogP contribution in [0.4, 0.5) is 0 Å². The molecule has 0 aliphatic carbocycles. The molecule has 0 amide bonds. The molecule has 0 aromatic heterocycles. The van der Waals surface area contributed by atoms with Crippen LogP contribution in [0.5, 0.6) is 0 Å². The lowest BCUT2D eigenvalue weighted by molar-refractivity contribution is -0.216. The fourth-order valence-corrected chi connectivity index (χ4v) is 0.409. The van der Waals surface area contributed by atoms with E-state index in [2.05, 4.69) is 4.74 Å². The Hall–Kier alpha value is -0.570. The van der Waals surface area contributed by atoms with E-state index >= 15 is 0 Å².